The molecular formula is C15H18O3. The van der Waals surface area contributed by atoms with Crippen LogP contribution in [0.5, 0.6) is 0 Å². The zero-order valence-corrected chi connectivity index (χ0v) is 11.0. The molecule has 0 aliphatic heterocycles. The van der Waals surface area contributed by atoms with Gasteiger partial charge in [-0.1, -0.05) is 26.8 Å². The van der Waals surface area contributed by atoms with Crippen molar-refractivity contribution in [1.29, 1.82) is 0 Å². The van der Waals surface area contributed by atoms with Gasteiger partial charge in [0.2, 0.25) is 5.76 Å². The van der Waals surface area contributed by atoms with Crippen LogP contribution in [0.2, 0.25) is 0 Å². The van der Waals surface area contributed by atoms with Crippen molar-refractivity contribution >= 4 is 16.9 Å². The van der Waals surface area contributed by atoms with Gasteiger partial charge in [0.15, 0.2) is 0 Å². The highest BCUT2D eigenvalue weighted by Crippen LogP contribution is 2.29. The van der Waals surface area contributed by atoms with E-state index in [2.05, 4.69) is 20.8 Å². The van der Waals surface area contributed by atoms with Crippen molar-refractivity contribution < 1.29 is 14.3 Å². The highest BCUT2D eigenvalue weighted by molar-refractivity contribution is 5.95. The predicted octanol–water partition coefficient (Wildman–Crippen LogP) is 3.89. The second-order valence-corrected chi connectivity index (χ2v) is 5.00. The maximum absolute atomic E-state index is 11.2. The predicted molar refractivity (Wildman–Crippen MR) is 71.1 cm³/mol. The van der Waals surface area contributed by atoms with Gasteiger partial charge in [0.05, 0.1) is 0 Å². The largest absolute Gasteiger partial charge is 0.475 e. The number of aryl methyl sites for hydroxylation is 1. The molecule has 18 heavy (non-hydrogen) atoms. The Hall–Kier alpha value is -1.77. The number of carboxylic acids is 1. The monoisotopic (exact) mass is 246 g/mol. The molecule has 2 aromatic rings. The fourth-order valence-electron chi connectivity index (χ4n) is 2.20. The van der Waals surface area contributed by atoms with E-state index >= 15 is 0 Å². The summed E-state index contributed by atoms with van der Waals surface area (Å²) < 4.78 is 5.46. The normalized spacial score (nSPS) is 11.3. The maximum Gasteiger partial charge on any atom is 0.372 e. The highest BCUT2D eigenvalue weighted by Gasteiger charge is 2.20. The summed E-state index contributed by atoms with van der Waals surface area (Å²) in [6, 6.07) is 5.89. The Morgan fingerprint density at radius 1 is 1.39 bits per heavy atom. The molecule has 1 aromatic carbocycles. The van der Waals surface area contributed by atoms with E-state index < -0.39 is 5.97 Å². The van der Waals surface area contributed by atoms with Gasteiger partial charge in [-0.05, 0) is 36.5 Å². The number of aromatic carboxylic acids is 1. The minimum absolute atomic E-state index is 0.0898. The molecule has 0 saturated carbocycles. The molecule has 2 rings (SSSR count). The number of carboxylic acid groups (broad SMARTS) is 1. The average Bonchev–Trinajstić information content (AvgIpc) is 2.67. The first-order valence-electron chi connectivity index (χ1n) is 6.30. The summed E-state index contributed by atoms with van der Waals surface area (Å²) in [5, 5.41) is 10.2. The van der Waals surface area contributed by atoms with Crippen LogP contribution in [0.1, 0.15) is 42.5 Å². The summed E-state index contributed by atoms with van der Waals surface area (Å²) in [5.41, 5.74) is 2.69. The van der Waals surface area contributed by atoms with Gasteiger partial charge in [-0.15, -0.1) is 0 Å². The third-order valence-corrected chi connectivity index (χ3v) is 3.07. The lowest BCUT2D eigenvalue weighted by molar-refractivity contribution is 0.0663. The van der Waals surface area contributed by atoms with Crippen molar-refractivity contribution in [3.05, 3.63) is 35.1 Å². The zero-order valence-electron chi connectivity index (χ0n) is 11.0. The Bertz CT molecular complexity index is 579. The summed E-state index contributed by atoms with van der Waals surface area (Å²) in [4.78, 5) is 11.2. The van der Waals surface area contributed by atoms with Crippen LogP contribution in [0.4, 0.5) is 0 Å². The van der Waals surface area contributed by atoms with E-state index in [1.807, 2.05) is 18.2 Å². The van der Waals surface area contributed by atoms with Crippen molar-refractivity contribution in [2.75, 3.05) is 0 Å². The van der Waals surface area contributed by atoms with Gasteiger partial charge in [0.1, 0.15) is 5.58 Å². The first-order chi connectivity index (χ1) is 8.52. The molecule has 0 bridgehead atoms. The first-order valence-corrected chi connectivity index (χ1v) is 6.30. The molecule has 0 atom stereocenters. The summed E-state index contributed by atoms with van der Waals surface area (Å²) in [5.74, 6) is -0.499. The van der Waals surface area contributed by atoms with Gasteiger partial charge in [-0.25, -0.2) is 4.79 Å². The Kier molecular flexibility index (Phi) is 3.41. The van der Waals surface area contributed by atoms with Crippen LogP contribution in [0.15, 0.2) is 22.6 Å². The van der Waals surface area contributed by atoms with Crippen LogP contribution < -0.4 is 0 Å². The van der Waals surface area contributed by atoms with Crippen molar-refractivity contribution in [2.24, 2.45) is 5.92 Å². The molecule has 1 heterocycles. The van der Waals surface area contributed by atoms with E-state index in [0.29, 0.717) is 11.5 Å². The fraction of sp³-hybridized carbons (Fsp3) is 0.400. The fourth-order valence-corrected chi connectivity index (χ4v) is 2.20. The number of hydrogen-bond acceptors (Lipinski definition) is 2. The Morgan fingerprint density at radius 2 is 2.11 bits per heavy atom. The van der Waals surface area contributed by atoms with E-state index in [4.69, 9.17) is 4.42 Å². The van der Waals surface area contributed by atoms with Crippen LogP contribution in [0.25, 0.3) is 11.0 Å². The van der Waals surface area contributed by atoms with Crippen molar-refractivity contribution in [3.63, 3.8) is 0 Å². The quantitative estimate of drug-likeness (QED) is 0.890. The summed E-state index contributed by atoms with van der Waals surface area (Å²) >= 11 is 0. The van der Waals surface area contributed by atoms with E-state index in [1.54, 1.807) is 0 Å². The summed E-state index contributed by atoms with van der Waals surface area (Å²) in [6.07, 6.45) is 1.66. The van der Waals surface area contributed by atoms with Gasteiger partial charge in [-0.3, -0.25) is 0 Å². The Morgan fingerprint density at radius 3 is 2.67 bits per heavy atom. The molecule has 0 aliphatic rings. The number of hydrogen-bond donors (Lipinski definition) is 1. The van der Waals surface area contributed by atoms with Crippen molar-refractivity contribution in [3.8, 4) is 0 Å². The minimum atomic E-state index is -0.986. The van der Waals surface area contributed by atoms with Crippen molar-refractivity contribution in [1.82, 2.24) is 0 Å². The van der Waals surface area contributed by atoms with Gasteiger partial charge >= 0.3 is 5.97 Å². The number of rotatable bonds is 4. The van der Waals surface area contributed by atoms with Gasteiger partial charge < -0.3 is 9.52 Å². The molecule has 0 saturated heterocycles. The Labute approximate surface area is 106 Å². The van der Waals surface area contributed by atoms with E-state index in [1.165, 1.54) is 5.56 Å². The minimum Gasteiger partial charge on any atom is -0.475 e. The molecule has 1 aromatic heterocycles. The smallest absolute Gasteiger partial charge is 0.372 e. The third kappa shape index (κ3) is 2.26. The lowest BCUT2D eigenvalue weighted by Gasteiger charge is -2.04. The van der Waals surface area contributed by atoms with Gasteiger partial charge in [0, 0.05) is 10.9 Å². The zero-order chi connectivity index (χ0) is 13.3. The number of fused-ring (bicyclic) bond motifs is 1. The van der Waals surface area contributed by atoms with Gasteiger partial charge in [0.25, 0.3) is 0 Å². The lowest BCUT2D eigenvalue weighted by atomic mass is 9.98. The molecule has 1 N–H and O–H groups in total. The molecule has 0 fully saturated rings. The first kappa shape index (κ1) is 12.7. The molecule has 0 radical (unpaired) electrons. The standard InChI is InChI=1S/C15H18O3/c1-4-10-5-6-13-11(8-10)12(7-9(2)3)14(18-13)15(16)17/h5-6,8-9H,4,7H2,1-3H3,(H,16,17). The maximum atomic E-state index is 11.2. The molecule has 0 spiro atoms. The lowest BCUT2D eigenvalue weighted by Crippen LogP contribution is -2.02. The number of carbonyl (C=O) groups is 1. The van der Waals surface area contributed by atoms with Crippen LogP contribution in [0.3, 0.4) is 0 Å². The number of furan rings is 1. The van der Waals surface area contributed by atoms with Crippen LogP contribution >= 0.6 is 0 Å². The van der Waals surface area contributed by atoms with E-state index in [0.717, 1.165) is 23.8 Å². The number of benzene rings is 1. The third-order valence-electron chi connectivity index (χ3n) is 3.07. The van der Waals surface area contributed by atoms with Crippen LogP contribution in [-0.4, -0.2) is 11.1 Å². The highest BCUT2D eigenvalue weighted by atomic mass is 16.4. The second kappa shape index (κ2) is 4.84. The van der Waals surface area contributed by atoms with E-state index in [9.17, 15) is 9.90 Å². The molecular weight excluding hydrogens is 228 g/mol. The van der Waals surface area contributed by atoms with Crippen LogP contribution in [0, 0.1) is 5.92 Å². The molecule has 0 amide bonds. The Balaban J connectivity index is 2.65. The van der Waals surface area contributed by atoms with Gasteiger partial charge in [-0.2, -0.15) is 0 Å². The topological polar surface area (TPSA) is 50.4 Å². The SMILES string of the molecule is CCc1ccc2oc(C(=O)O)c(CC(C)C)c2c1. The molecule has 96 valence electrons. The molecule has 0 unspecified atom stereocenters. The average molecular weight is 246 g/mol. The molecule has 0 aliphatic carbocycles. The molecule has 3 nitrogen and oxygen atoms in total. The van der Waals surface area contributed by atoms with E-state index in [-0.39, 0.29) is 5.76 Å². The summed E-state index contributed by atoms with van der Waals surface area (Å²) in [7, 11) is 0. The second-order valence-electron chi connectivity index (χ2n) is 5.00. The summed E-state index contributed by atoms with van der Waals surface area (Å²) in [6.45, 7) is 6.24. The van der Waals surface area contributed by atoms with Crippen LogP contribution in [-0.2, 0) is 12.8 Å². The van der Waals surface area contributed by atoms with Crippen molar-refractivity contribution in [2.45, 2.75) is 33.6 Å². The molecule has 3 heteroatoms.